The highest BCUT2D eigenvalue weighted by atomic mass is 32.1. The van der Waals surface area contributed by atoms with Gasteiger partial charge < -0.3 is 14.8 Å². The van der Waals surface area contributed by atoms with Crippen LogP contribution in [0.25, 0.3) is 0 Å². The van der Waals surface area contributed by atoms with E-state index < -0.39 is 0 Å². The van der Waals surface area contributed by atoms with Crippen molar-refractivity contribution in [1.29, 1.82) is 0 Å². The predicted molar refractivity (Wildman–Crippen MR) is 118 cm³/mol. The van der Waals surface area contributed by atoms with Crippen LogP contribution in [0.5, 0.6) is 5.75 Å². The molecule has 1 amide bonds. The normalized spacial score (nSPS) is 14.2. The number of morpholine rings is 1. The first kappa shape index (κ1) is 21.2. The third kappa shape index (κ3) is 7.12. The van der Waals surface area contributed by atoms with Gasteiger partial charge in [-0.2, -0.15) is 0 Å². The number of amides is 1. The van der Waals surface area contributed by atoms with Crippen LogP contribution in [0.1, 0.15) is 18.1 Å². The Morgan fingerprint density at radius 1 is 1.07 bits per heavy atom. The molecular weight excluding hydrogens is 386 g/mol. The lowest BCUT2D eigenvalue weighted by molar-refractivity contribution is -0.121. The van der Waals surface area contributed by atoms with E-state index in [0.717, 1.165) is 45.0 Å². The highest BCUT2D eigenvalue weighted by Crippen LogP contribution is 2.13. The van der Waals surface area contributed by atoms with Gasteiger partial charge in [0.05, 0.1) is 13.2 Å². The van der Waals surface area contributed by atoms with Crippen molar-refractivity contribution < 1.29 is 14.3 Å². The molecule has 1 aliphatic rings. The number of carbonyl (C=O) groups is 1. The summed E-state index contributed by atoms with van der Waals surface area (Å²) in [5.41, 5.74) is 3.29. The Balaban J connectivity index is 1.40. The second-order valence-electron chi connectivity index (χ2n) is 6.87. The molecular formula is C22H27N3O3S. The van der Waals surface area contributed by atoms with Crippen LogP contribution < -0.4 is 15.4 Å². The van der Waals surface area contributed by atoms with Crippen LogP contribution in [0.4, 0.5) is 5.69 Å². The Morgan fingerprint density at radius 3 is 2.38 bits per heavy atom. The molecule has 1 fully saturated rings. The van der Waals surface area contributed by atoms with Gasteiger partial charge in [0, 0.05) is 25.3 Å². The average molecular weight is 414 g/mol. The van der Waals surface area contributed by atoms with Crippen molar-refractivity contribution in [3.05, 3.63) is 59.7 Å². The summed E-state index contributed by atoms with van der Waals surface area (Å²) < 4.78 is 10.9. The van der Waals surface area contributed by atoms with Gasteiger partial charge in [-0.15, -0.1) is 0 Å². The van der Waals surface area contributed by atoms with Crippen LogP contribution in [-0.2, 0) is 22.5 Å². The van der Waals surface area contributed by atoms with Crippen LogP contribution in [0.15, 0.2) is 48.5 Å². The van der Waals surface area contributed by atoms with Gasteiger partial charge in [-0.25, -0.2) is 0 Å². The lowest BCUT2D eigenvalue weighted by Crippen LogP contribution is -2.37. The Bertz CT molecular complexity index is 803. The lowest BCUT2D eigenvalue weighted by Gasteiger charge is -2.26. The van der Waals surface area contributed by atoms with Crippen molar-refractivity contribution in [3.8, 4) is 5.75 Å². The third-order valence-electron chi connectivity index (χ3n) is 4.68. The fourth-order valence-electron chi connectivity index (χ4n) is 3.01. The molecule has 3 rings (SSSR count). The minimum Gasteiger partial charge on any atom is -0.484 e. The van der Waals surface area contributed by atoms with Gasteiger partial charge in [0.2, 0.25) is 0 Å². The maximum Gasteiger partial charge on any atom is 0.264 e. The van der Waals surface area contributed by atoms with Crippen molar-refractivity contribution in [1.82, 2.24) is 10.2 Å². The Labute approximate surface area is 177 Å². The molecule has 7 heteroatoms. The second-order valence-corrected chi connectivity index (χ2v) is 7.28. The maximum absolute atomic E-state index is 12.0. The van der Waals surface area contributed by atoms with Crippen LogP contribution in [0, 0.1) is 0 Å². The zero-order chi connectivity index (χ0) is 20.5. The summed E-state index contributed by atoms with van der Waals surface area (Å²) in [4.78, 5) is 14.4. The summed E-state index contributed by atoms with van der Waals surface area (Å²) in [6, 6.07) is 15.7. The number of hydrogen-bond acceptors (Lipinski definition) is 5. The highest BCUT2D eigenvalue weighted by Gasteiger charge is 2.11. The minimum atomic E-state index is -0.300. The fraction of sp³-hybridized carbons (Fsp3) is 0.364. The average Bonchev–Trinajstić information content (AvgIpc) is 2.75. The van der Waals surface area contributed by atoms with Gasteiger partial charge >= 0.3 is 0 Å². The molecule has 2 N–H and O–H groups in total. The number of rotatable bonds is 7. The van der Waals surface area contributed by atoms with E-state index in [2.05, 4.69) is 34.6 Å². The Hall–Kier alpha value is -2.48. The van der Waals surface area contributed by atoms with Crippen LogP contribution in [-0.4, -0.2) is 48.8 Å². The van der Waals surface area contributed by atoms with Crippen molar-refractivity contribution in [2.75, 3.05) is 38.2 Å². The lowest BCUT2D eigenvalue weighted by atomic mass is 10.2. The van der Waals surface area contributed by atoms with Gasteiger partial charge in [-0.3, -0.25) is 15.0 Å². The number of nitrogens with zero attached hydrogens (tertiary/aromatic N) is 1. The summed E-state index contributed by atoms with van der Waals surface area (Å²) in [6.45, 7) is 6.41. The molecule has 29 heavy (non-hydrogen) atoms. The SMILES string of the molecule is CCc1ccc(OCC(=O)NC(=S)Nc2ccc(CN3CCOCC3)cc2)cc1. The third-order valence-corrected chi connectivity index (χ3v) is 4.88. The minimum absolute atomic E-state index is 0.0915. The zero-order valence-electron chi connectivity index (χ0n) is 16.6. The van der Waals surface area contributed by atoms with E-state index in [1.54, 1.807) is 0 Å². The number of carbonyl (C=O) groups excluding carboxylic acids is 1. The smallest absolute Gasteiger partial charge is 0.264 e. The van der Waals surface area contributed by atoms with E-state index in [1.807, 2.05) is 36.4 Å². The van der Waals surface area contributed by atoms with Gasteiger partial charge in [-0.05, 0) is 54.0 Å². The van der Waals surface area contributed by atoms with Crippen molar-refractivity contribution >= 4 is 28.9 Å². The topological polar surface area (TPSA) is 62.8 Å². The van der Waals surface area contributed by atoms with Crippen molar-refractivity contribution in [2.45, 2.75) is 19.9 Å². The Morgan fingerprint density at radius 2 is 1.72 bits per heavy atom. The molecule has 0 aromatic heterocycles. The zero-order valence-corrected chi connectivity index (χ0v) is 17.5. The molecule has 0 atom stereocenters. The number of ether oxygens (including phenoxy) is 2. The van der Waals surface area contributed by atoms with E-state index in [1.165, 1.54) is 11.1 Å². The molecule has 0 spiro atoms. The van der Waals surface area contributed by atoms with Crippen LogP contribution in [0.2, 0.25) is 0 Å². The number of nitrogens with one attached hydrogen (secondary N) is 2. The monoisotopic (exact) mass is 413 g/mol. The van der Waals surface area contributed by atoms with Crippen molar-refractivity contribution in [3.63, 3.8) is 0 Å². The molecule has 2 aromatic carbocycles. The molecule has 6 nitrogen and oxygen atoms in total. The summed E-state index contributed by atoms with van der Waals surface area (Å²) in [5.74, 6) is 0.359. The first-order chi connectivity index (χ1) is 14.1. The van der Waals surface area contributed by atoms with E-state index in [4.69, 9.17) is 21.7 Å². The quantitative estimate of drug-likeness (QED) is 0.681. The van der Waals surface area contributed by atoms with E-state index in [9.17, 15) is 4.79 Å². The summed E-state index contributed by atoms with van der Waals surface area (Å²) in [7, 11) is 0. The first-order valence-corrected chi connectivity index (χ1v) is 10.2. The molecule has 1 saturated heterocycles. The highest BCUT2D eigenvalue weighted by molar-refractivity contribution is 7.80. The molecule has 2 aromatic rings. The van der Waals surface area contributed by atoms with Gasteiger partial charge in [0.15, 0.2) is 11.7 Å². The molecule has 0 saturated carbocycles. The van der Waals surface area contributed by atoms with Crippen molar-refractivity contribution in [2.24, 2.45) is 0 Å². The number of anilines is 1. The Kier molecular flexibility index (Phi) is 7.98. The molecule has 1 heterocycles. The molecule has 0 aliphatic carbocycles. The van der Waals surface area contributed by atoms with Gasteiger partial charge in [-0.1, -0.05) is 31.2 Å². The van der Waals surface area contributed by atoms with E-state index >= 15 is 0 Å². The second kappa shape index (κ2) is 10.9. The number of hydrogen-bond donors (Lipinski definition) is 2. The molecule has 0 bridgehead atoms. The number of thiocarbonyl (C=S) groups is 1. The standard InChI is InChI=1S/C22H27N3O3S/c1-2-17-5-9-20(10-6-17)28-16-21(26)24-22(29)23-19-7-3-18(4-8-19)15-25-11-13-27-14-12-25/h3-10H,2,11-16H2,1H3,(H2,23,24,26,29). The number of aryl methyl sites for hydroxylation is 1. The molecule has 0 radical (unpaired) electrons. The van der Waals surface area contributed by atoms with Crippen LogP contribution >= 0.6 is 12.2 Å². The van der Waals surface area contributed by atoms with Gasteiger partial charge in [0.1, 0.15) is 5.75 Å². The first-order valence-electron chi connectivity index (χ1n) is 9.84. The van der Waals surface area contributed by atoms with E-state index in [-0.39, 0.29) is 17.6 Å². The van der Waals surface area contributed by atoms with E-state index in [0.29, 0.717) is 5.75 Å². The maximum atomic E-state index is 12.0. The fourth-order valence-corrected chi connectivity index (χ4v) is 3.24. The van der Waals surface area contributed by atoms with Crippen LogP contribution in [0.3, 0.4) is 0 Å². The van der Waals surface area contributed by atoms with Gasteiger partial charge in [0.25, 0.3) is 5.91 Å². The molecule has 154 valence electrons. The largest absolute Gasteiger partial charge is 0.484 e. The predicted octanol–water partition coefficient (Wildman–Crippen LogP) is 2.97. The summed E-state index contributed by atoms with van der Waals surface area (Å²) >= 11 is 5.22. The summed E-state index contributed by atoms with van der Waals surface area (Å²) in [5, 5.41) is 5.91. The molecule has 1 aliphatic heterocycles. The molecule has 0 unspecified atom stereocenters. The summed E-state index contributed by atoms with van der Waals surface area (Å²) in [6.07, 6.45) is 0.967. The number of benzene rings is 2.